The highest BCUT2D eigenvalue weighted by molar-refractivity contribution is 5.78. The molecule has 1 aromatic carbocycles. The molecule has 3 aliphatic heterocycles. The molecule has 3 saturated heterocycles. The molecule has 0 saturated carbocycles. The van der Waals surface area contributed by atoms with Gasteiger partial charge in [0.25, 0.3) is 0 Å². The van der Waals surface area contributed by atoms with Crippen LogP contribution in [0.5, 0.6) is 0 Å². The van der Waals surface area contributed by atoms with E-state index < -0.39 is 23.3 Å². The maximum absolute atomic E-state index is 13.7. The number of likely N-dealkylation sites (tertiary alicyclic amines) is 1. The number of morpholine rings is 1. The lowest BCUT2D eigenvalue weighted by atomic mass is 9.85. The summed E-state index contributed by atoms with van der Waals surface area (Å²) >= 11 is 0. The molecule has 3 fully saturated rings. The number of benzene rings is 1. The zero-order valence-electron chi connectivity index (χ0n) is 17.8. The summed E-state index contributed by atoms with van der Waals surface area (Å²) in [6.45, 7) is 5.19. The Kier molecular flexibility index (Phi) is 5.95. The number of hydrogen-bond acceptors (Lipinski definition) is 5. The lowest BCUT2D eigenvalue weighted by Gasteiger charge is -2.42. The largest absolute Gasteiger partial charge is 0.479 e. The monoisotopic (exact) mass is 441 g/mol. The van der Waals surface area contributed by atoms with Crippen molar-refractivity contribution in [3.8, 4) is 0 Å². The van der Waals surface area contributed by atoms with Crippen molar-refractivity contribution in [3.63, 3.8) is 0 Å². The molecule has 6 nitrogen and oxygen atoms in total. The molecule has 31 heavy (non-hydrogen) atoms. The lowest BCUT2D eigenvalue weighted by molar-refractivity contribution is -0.164. The highest BCUT2D eigenvalue weighted by Gasteiger charge is 2.42. The van der Waals surface area contributed by atoms with Crippen molar-refractivity contribution in [1.82, 2.24) is 10.2 Å². The van der Waals surface area contributed by atoms with Crippen LogP contribution in [0.25, 0.3) is 0 Å². The summed E-state index contributed by atoms with van der Waals surface area (Å²) in [5, 5.41) is 12.9. The molecule has 0 radical (unpaired) electrons. The van der Waals surface area contributed by atoms with Crippen molar-refractivity contribution >= 4 is 11.7 Å². The van der Waals surface area contributed by atoms with E-state index in [2.05, 4.69) is 10.2 Å². The van der Waals surface area contributed by atoms with Gasteiger partial charge in [-0.3, -0.25) is 4.90 Å². The van der Waals surface area contributed by atoms with Gasteiger partial charge in [0.2, 0.25) is 0 Å². The Morgan fingerprint density at radius 2 is 1.94 bits per heavy atom. The van der Waals surface area contributed by atoms with Crippen LogP contribution in [-0.4, -0.2) is 66.4 Å². The average molecular weight is 441 g/mol. The first kappa shape index (κ1) is 22.4. The van der Waals surface area contributed by atoms with E-state index in [1.807, 2.05) is 0 Å². The van der Waals surface area contributed by atoms with Gasteiger partial charge in [-0.05, 0) is 76.0 Å². The number of nitrogens with one attached hydrogen (secondary N) is 1. The van der Waals surface area contributed by atoms with Crippen LogP contribution in [0.1, 0.15) is 43.7 Å². The Morgan fingerprint density at radius 1 is 1.19 bits per heavy atom. The molecular formula is C22H30F3N3O3. The first-order chi connectivity index (χ1) is 14.6. The van der Waals surface area contributed by atoms with Gasteiger partial charge in [-0.15, -0.1) is 0 Å². The van der Waals surface area contributed by atoms with Gasteiger partial charge in [-0.25, -0.2) is 4.79 Å². The van der Waals surface area contributed by atoms with Crippen LogP contribution in [0.3, 0.4) is 0 Å². The van der Waals surface area contributed by atoms with Crippen molar-refractivity contribution in [3.05, 3.63) is 29.3 Å². The number of piperidine rings is 1. The number of anilines is 1. The van der Waals surface area contributed by atoms with E-state index in [0.29, 0.717) is 24.3 Å². The Morgan fingerprint density at radius 3 is 2.61 bits per heavy atom. The topological polar surface area (TPSA) is 65.0 Å². The number of alkyl halides is 3. The maximum atomic E-state index is 13.7. The number of rotatable bonds is 4. The molecule has 1 atom stereocenters. The molecule has 0 amide bonds. The molecule has 2 N–H and O–H groups in total. The van der Waals surface area contributed by atoms with Crippen LogP contribution >= 0.6 is 0 Å². The van der Waals surface area contributed by atoms with Gasteiger partial charge in [-0.1, -0.05) is 0 Å². The fourth-order valence-corrected chi connectivity index (χ4v) is 5.25. The minimum absolute atomic E-state index is 0.00239. The molecule has 0 aliphatic carbocycles. The predicted molar refractivity (Wildman–Crippen MR) is 110 cm³/mol. The predicted octanol–water partition coefficient (Wildman–Crippen LogP) is 3.10. The molecule has 1 unspecified atom stereocenters. The summed E-state index contributed by atoms with van der Waals surface area (Å²) in [4.78, 5) is 15.7. The number of carbonyl (C=O) groups is 1. The molecular weight excluding hydrogens is 411 g/mol. The first-order valence-electron chi connectivity index (χ1n) is 10.9. The normalized spacial score (nSPS) is 27.0. The van der Waals surface area contributed by atoms with E-state index >= 15 is 0 Å². The van der Waals surface area contributed by atoms with E-state index in [0.717, 1.165) is 51.4 Å². The zero-order chi connectivity index (χ0) is 22.3. The maximum Gasteiger partial charge on any atom is 0.416 e. The zero-order valence-corrected chi connectivity index (χ0v) is 17.8. The van der Waals surface area contributed by atoms with Crippen LogP contribution < -0.4 is 10.2 Å². The SMILES string of the molecule is CC1(C(=O)O)CN(c2cc(CN3CCCC34CCNCC4)cc(C(F)(F)F)c2)CCO1. The van der Waals surface area contributed by atoms with E-state index in [9.17, 15) is 23.1 Å². The number of carboxylic acids is 1. The number of ether oxygens (including phenoxy) is 1. The summed E-state index contributed by atoms with van der Waals surface area (Å²) in [5.41, 5.74) is -1.05. The molecule has 9 heteroatoms. The Hall–Kier alpha value is -1.84. The van der Waals surface area contributed by atoms with E-state index in [4.69, 9.17) is 4.74 Å². The summed E-state index contributed by atoms with van der Waals surface area (Å²) in [7, 11) is 0. The molecule has 0 aromatic heterocycles. The van der Waals surface area contributed by atoms with Crippen LogP contribution in [0.2, 0.25) is 0 Å². The van der Waals surface area contributed by atoms with Gasteiger partial charge in [0.05, 0.1) is 18.7 Å². The van der Waals surface area contributed by atoms with Gasteiger partial charge in [0, 0.05) is 24.3 Å². The number of aliphatic carboxylic acids is 1. The Balaban J connectivity index is 1.63. The molecule has 3 aliphatic rings. The second kappa shape index (κ2) is 8.26. The van der Waals surface area contributed by atoms with Crippen molar-refractivity contribution < 1.29 is 27.8 Å². The molecule has 1 spiro atoms. The van der Waals surface area contributed by atoms with Crippen LogP contribution in [0.4, 0.5) is 18.9 Å². The van der Waals surface area contributed by atoms with Crippen molar-refractivity contribution in [1.29, 1.82) is 0 Å². The molecule has 3 heterocycles. The van der Waals surface area contributed by atoms with Crippen LogP contribution in [-0.2, 0) is 22.3 Å². The molecule has 0 bridgehead atoms. The summed E-state index contributed by atoms with van der Waals surface area (Å²) in [6, 6.07) is 4.16. The van der Waals surface area contributed by atoms with E-state index in [1.54, 1.807) is 11.0 Å². The molecule has 172 valence electrons. The quantitative estimate of drug-likeness (QED) is 0.749. The Labute approximate surface area is 180 Å². The van der Waals surface area contributed by atoms with Crippen molar-refractivity contribution in [2.45, 2.75) is 56.5 Å². The van der Waals surface area contributed by atoms with Crippen molar-refractivity contribution in [2.24, 2.45) is 0 Å². The third kappa shape index (κ3) is 4.54. The summed E-state index contributed by atoms with van der Waals surface area (Å²) in [5.74, 6) is -1.12. The van der Waals surface area contributed by atoms with Gasteiger partial charge in [0.1, 0.15) is 0 Å². The summed E-state index contributed by atoms with van der Waals surface area (Å²) in [6.07, 6.45) is -0.295. The third-order valence-corrected chi connectivity index (χ3v) is 7.05. The smallest absolute Gasteiger partial charge is 0.416 e. The van der Waals surface area contributed by atoms with E-state index in [1.165, 1.54) is 13.0 Å². The van der Waals surface area contributed by atoms with Gasteiger partial charge in [0.15, 0.2) is 5.60 Å². The van der Waals surface area contributed by atoms with E-state index in [-0.39, 0.29) is 18.7 Å². The van der Waals surface area contributed by atoms with Crippen LogP contribution in [0.15, 0.2) is 18.2 Å². The minimum atomic E-state index is -4.47. The summed E-state index contributed by atoms with van der Waals surface area (Å²) < 4.78 is 46.5. The lowest BCUT2D eigenvalue weighted by Crippen LogP contribution is -2.54. The number of halogens is 3. The highest BCUT2D eigenvalue weighted by atomic mass is 19.4. The second-order valence-electron chi connectivity index (χ2n) is 9.19. The number of hydrogen-bond donors (Lipinski definition) is 2. The minimum Gasteiger partial charge on any atom is -0.479 e. The standard InChI is InChI=1S/C22H30F3N3O3/c1-20(19(29)30)15-27(9-10-31-20)18-12-16(11-17(13-18)22(23,24)25)14-28-8-2-3-21(28)4-6-26-7-5-21/h11-13,26H,2-10,14-15H2,1H3,(H,29,30). The average Bonchev–Trinajstić information content (AvgIpc) is 3.09. The fraction of sp³-hybridized carbons (Fsp3) is 0.682. The van der Waals surface area contributed by atoms with Gasteiger partial charge >= 0.3 is 12.1 Å². The molecule has 4 rings (SSSR count). The van der Waals surface area contributed by atoms with Crippen molar-refractivity contribution in [2.75, 3.05) is 44.2 Å². The van der Waals surface area contributed by atoms with Crippen LogP contribution in [0, 0.1) is 0 Å². The highest BCUT2D eigenvalue weighted by Crippen LogP contribution is 2.39. The second-order valence-corrected chi connectivity index (χ2v) is 9.19. The first-order valence-corrected chi connectivity index (χ1v) is 10.9. The number of carboxylic acid groups (broad SMARTS) is 1. The molecule has 1 aromatic rings. The third-order valence-electron chi connectivity index (χ3n) is 7.05. The van der Waals surface area contributed by atoms with Gasteiger partial charge < -0.3 is 20.1 Å². The number of nitrogens with zero attached hydrogens (tertiary/aromatic N) is 2. The Bertz CT molecular complexity index is 826. The van der Waals surface area contributed by atoms with Gasteiger partial charge in [-0.2, -0.15) is 13.2 Å². The fourth-order valence-electron chi connectivity index (χ4n) is 5.25.